The van der Waals surface area contributed by atoms with Gasteiger partial charge in [-0.1, -0.05) is 18.5 Å². The fraction of sp³-hybridized carbons (Fsp3) is 0.154. The highest BCUT2D eigenvalue weighted by molar-refractivity contribution is 8.18. The molecular formula is C26H20ClN3O8S. The van der Waals surface area contributed by atoms with Crippen LogP contribution in [-0.4, -0.2) is 46.0 Å². The number of hydrogen-bond acceptors (Lipinski definition) is 9. The summed E-state index contributed by atoms with van der Waals surface area (Å²) in [6.45, 7) is 1.51. The molecule has 2 aromatic carbocycles. The zero-order chi connectivity index (χ0) is 28.1. The molecule has 0 aliphatic carbocycles. The molecule has 11 nitrogen and oxygen atoms in total. The smallest absolute Gasteiger partial charge is 0.339 e. The maximum atomic E-state index is 12.8. The summed E-state index contributed by atoms with van der Waals surface area (Å²) >= 11 is 6.72. The van der Waals surface area contributed by atoms with Crippen LogP contribution in [0.5, 0.6) is 0 Å². The molecule has 0 unspecified atom stereocenters. The molecule has 13 heteroatoms. The summed E-state index contributed by atoms with van der Waals surface area (Å²) in [5.74, 6) is -1.28. The number of ether oxygens (including phenoxy) is 1. The number of nitrogens with zero attached hydrogens (tertiary/aromatic N) is 2. The van der Waals surface area contributed by atoms with Gasteiger partial charge in [-0.15, -0.1) is 0 Å². The van der Waals surface area contributed by atoms with Crippen molar-refractivity contribution in [2.24, 2.45) is 0 Å². The highest BCUT2D eigenvalue weighted by Gasteiger charge is 2.36. The van der Waals surface area contributed by atoms with Crippen LogP contribution < -0.4 is 5.32 Å². The molecule has 1 aliphatic rings. The Balaban J connectivity index is 1.41. The number of hydrogen-bond donors (Lipinski definition) is 1. The first-order valence-electron chi connectivity index (χ1n) is 11.5. The summed E-state index contributed by atoms with van der Waals surface area (Å²) in [5.41, 5.74) is 0.844. The van der Waals surface area contributed by atoms with Gasteiger partial charge in [-0.2, -0.15) is 0 Å². The summed E-state index contributed by atoms with van der Waals surface area (Å²) in [5, 5.41) is 12.9. The average molecular weight is 570 g/mol. The standard InChI is InChI=1S/C26H20ClN3O8S/c1-2-11-37-25(33)19-12-16(5-9-20(19)27)28-23(31)14-29-24(32)22(39-26(29)34)13-18-8-10-21(38-18)15-3-6-17(7-4-15)30(35)36/h3-10,12-13H,2,11,14H2,1H3,(H,28,31)/b22-13+. The van der Waals surface area contributed by atoms with Gasteiger partial charge < -0.3 is 14.5 Å². The number of anilines is 1. The quantitative estimate of drug-likeness (QED) is 0.147. The van der Waals surface area contributed by atoms with Crippen molar-refractivity contribution in [1.29, 1.82) is 0 Å². The van der Waals surface area contributed by atoms with E-state index in [-0.39, 0.29) is 39.2 Å². The van der Waals surface area contributed by atoms with Crippen LogP contribution >= 0.6 is 23.4 Å². The van der Waals surface area contributed by atoms with Crippen molar-refractivity contribution in [3.8, 4) is 11.3 Å². The third kappa shape index (κ3) is 6.54. The number of amides is 3. The Kier molecular flexibility index (Phi) is 8.47. The van der Waals surface area contributed by atoms with Crippen LogP contribution in [-0.2, 0) is 14.3 Å². The lowest BCUT2D eigenvalue weighted by atomic mass is 10.1. The van der Waals surface area contributed by atoms with Crippen LogP contribution in [0.25, 0.3) is 17.4 Å². The van der Waals surface area contributed by atoms with Crippen LogP contribution in [0.15, 0.2) is 63.9 Å². The highest BCUT2D eigenvalue weighted by atomic mass is 35.5. The molecular weight excluding hydrogens is 550 g/mol. The second-order valence-corrected chi connectivity index (χ2v) is 9.55. The van der Waals surface area contributed by atoms with E-state index in [0.29, 0.717) is 29.5 Å². The second-order valence-electron chi connectivity index (χ2n) is 8.15. The Morgan fingerprint density at radius 1 is 1.15 bits per heavy atom. The van der Waals surface area contributed by atoms with Gasteiger partial charge in [-0.3, -0.25) is 29.4 Å². The topological polar surface area (TPSA) is 149 Å². The summed E-state index contributed by atoms with van der Waals surface area (Å²) in [4.78, 5) is 61.2. The lowest BCUT2D eigenvalue weighted by Gasteiger charge is -2.13. The Hall–Kier alpha value is -4.42. The molecule has 3 amide bonds. The molecule has 4 rings (SSSR count). The molecule has 1 fully saturated rings. The number of benzene rings is 2. The molecule has 1 aromatic heterocycles. The van der Waals surface area contributed by atoms with Gasteiger partial charge in [0, 0.05) is 29.5 Å². The largest absolute Gasteiger partial charge is 0.462 e. The Labute approximate surface area is 230 Å². The Morgan fingerprint density at radius 3 is 2.59 bits per heavy atom. The number of carbonyl (C=O) groups excluding carboxylic acids is 4. The Morgan fingerprint density at radius 2 is 1.90 bits per heavy atom. The highest BCUT2D eigenvalue weighted by Crippen LogP contribution is 2.33. The fourth-order valence-electron chi connectivity index (χ4n) is 3.47. The van der Waals surface area contributed by atoms with E-state index in [2.05, 4.69) is 5.32 Å². The minimum absolute atomic E-state index is 0.0600. The molecule has 0 radical (unpaired) electrons. The van der Waals surface area contributed by atoms with Gasteiger partial charge in [0.2, 0.25) is 5.91 Å². The van der Waals surface area contributed by atoms with Crippen molar-refractivity contribution in [2.45, 2.75) is 13.3 Å². The zero-order valence-corrected chi connectivity index (χ0v) is 21.9. The first kappa shape index (κ1) is 27.6. The van der Waals surface area contributed by atoms with Gasteiger partial charge >= 0.3 is 5.97 Å². The fourth-order valence-corrected chi connectivity index (χ4v) is 4.49. The number of furan rings is 1. The third-order valence-electron chi connectivity index (χ3n) is 5.35. The molecule has 1 saturated heterocycles. The van der Waals surface area contributed by atoms with Crippen molar-refractivity contribution in [1.82, 2.24) is 4.90 Å². The molecule has 0 saturated carbocycles. The Bertz CT molecular complexity index is 1500. The minimum atomic E-state index is -0.673. The number of imide groups is 1. The van der Waals surface area contributed by atoms with E-state index in [1.807, 2.05) is 6.92 Å². The number of rotatable bonds is 9. The summed E-state index contributed by atoms with van der Waals surface area (Å²) in [6.07, 6.45) is 2.01. The van der Waals surface area contributed by atoms with Crippen molar-refractivity contribution >= 4 is 63.8 Å². The normalized spacial score (nSPS) is 14.1. The molecule has 2 heterocycles. The van der Waals surface area contributed by atoms with Crippen molar-refractivity contribution < 1.29 is 33.3 Å². The van der Waals surface area contributed by atoms with E-state index in [4.69, 9.17) is 20.8 Å². The van der Waals surface area contributed by atoms with Crippen molar-refractivity contribution in [3.05, 3.63) is 86.0 Å². The predicted octanol–water partition coefficient (Wildman–Crippen LogP) is 5.75. The van der Waals surface area contributed by atoms with Crippen molar-refractivity contribution in [3.63, 3.8) is 0 Å². The number of non-ortho nitro benzene ring substituents is 1. The molecule has 0 bridgehead atoms. The van der Waals surface area contributed by atoms with Crippen LogP contribution in [0.4, 0.5) is 16.2 Å². The first-order valence-corrected chi connectivity index (χ1v) is 12.7. The van der Waals surface area contributed by atoms with Gasteiger partial charge in [-0.05, 0) is 60.6 Å². The minimum Gasteiger partial charge on any atom is -0.462 e. The molecule has 0 spiro atoms. The molecule has 200 valence electrons. The predicted molar refractivity (Wildman–Crippen MR) is 144 cm³/mol. The van der Waals surface area contributed by atoms with Crippen LogP contribution in [0, 0.1) is 10.1 Å². The molecule has 1 N–H and O–H groups in total. The summed E-state index contributed by atoms with van der Waals surface area (Å²) < 4.78 is 10.8. The monoisotopic (exact) mass is 569 g/mol. The lowest BCUT2D eigenvalue weighted by Crippen LogP contribution is -2.36. The van der Waals surface area contributed by atoms with Crippen LogP contribution in [0.2, 0.25) is 5.02 Å². The number of carbonyl (C=O) groups is 4. The maximum Gasteiger partial charge on any atom is 0.339 e. The first-order chi connectivity index (χ1) is 18.7. The number of esters is 1. The van der Waals surface area contributed by atoms with E-state index >= 15 is 0 Å². The second kappa shape index (κ2) is 12.0. The van der Waals surface area contributed by atoms with Gasteiger partial charge in [0.15, 0.2) is 0 Å². The van der Waals surface area contributed by atoms with Crippen LogP contribution in [0.3, 0.4) is 0 Å². The van der Waals surface area contributed by atoms with Gasteiger partial charge in [0.25, 0.3) is 16.8 Å². The van der Waals surface area contributed by atoms with E-state index in [1.54, 1.807) is 12.1 Å². The van der Waals surface area contributed by atoms with E-state index in [1.165, 1.54) is 48.5 Å². The number of nitro groups is 1. The van der Waals surface area contributed by atoms with E-state index in [9.17, 15) is 29.3 Å². The molecule has 1 aliphatic heterocycles. The molecule has 39 heavy (non-hydrogen) atoms. The summed E-state index contributed by atoms with van der Waals surface area (Å²) in [6, 6.07) is 13.2. The van der Waals surface area contributed by atoms with Gasteiger partial charge in [-0.25, -0.2) is 4.79 Å². The number of nitrogens with one attached hydrogen (secondary N) is 1. The van der Waals surface area contributed by atoms with Crippen molar-refractivity contribution in [2.75, 3.05) is 18.5 Å². The maximum absolute atomic E-state index is 12.8. The SMILES string of the molecule is CCCOC(=O)c1cc(NC(=O)CN2C(=O)S/C(=C/c3ccc(-c4ccc([N+](=O)[O-])cc4)o3)C2=O)ccc1Cl. The number of thioether (sulfide) groups is 1. The van der Waals surface area contributed by atoms with Gasteiger partial charge in [0.05, 0.1) is 27.0 Å². The average Bonchev–Trinajstić information content (AvgIpc) is 3.48. The van der Waals surface area contributed by atoms with Crippen LogP contribution in [0.1, 0.15) is 29.5 Å². The van der Waals surface area contributed by atoms with E-state index < -0.39 is 34.5 Å². The van der Waals surface area contributed by atoms with Gasteiger partial charge in [0.1, 0.15) is 18.1 Å². The molecule has 3 aromatic rings. The number of nitro benzene ring substituents is 1. The van der Waals surface area contributed by atoms with E-state index in [0.717, 1.165) is 4.90 Å². The molecule has 0 atom stereocenters. The summed E-state index contributed by atoms with van der Waals surface area (Å²) in [7, 11) is 0. The zero-order valence-electron chi connectivity index (χ0n) is 20.3. The third-order valence-corrected chi connectivity index (χ3v) is 6.58. The lowest BCUT2D eigenvalue weighted by molar-refractivity contribution is -0.384. The number of halogens is 1.